The molecule has 2 aromatic rings. The maximum absolute atomic E-state index is 4.60. The fourth-order valence-corrected chi connectivity index (χ4v) is 2.02. The van der Waals surface area contributed by atoms with Crippen LogP contribution in [0.5, 0.6) is 0 Å². The molecule has 0 radical (unpaired) electrons. The number of rotatable bonds is 7. The first-order valence-corrected chi connectivity index (χ1v) is 7.24. The van der Waals surface area contributed by atoms with Crippen LogP contribution in [0.4, 0.5) is 17.5 Å². The van der Waals surface area contributed by atoms with Gasteiger partial charge in [-0.25, -0.2) is 4.98 Å². The van der Waals surface area contributed by atoms with Crippen LogP contribution in [-0.4, -0.2) is 23.1 Å². The first-order chi connectivity index (χ1) is 9.85. The van der Waals surface area contributed by atoms with Crippen molar-refractivity contribution in [2.45, 2.75) is 26.7 Å². The van der Waals surface area contributed by atoms with E-state index in [0.717, 1.165) is 37.0 Å². The maximum atomic E-state index is 4.60. The summed E-state index contributed by atoms with van der Waals surface area (Å²) >= 11 is 0. The Morgan fingerprint density at radius 2 is 1.90 bits per heavy atom. The molecule has 0 saturated heterocycles. The number of benzene rings is 1. The molecule has 0 spiro atoms. The summed E-state index contributed by atoms with van der Waals surface area (Å²) in [5.74, 6) is 1.62. The van der Waals surface area contributed by atoms with Gasteiger partial charge in [0, 0.05) is 25.0 Å². The van der Waals surface area contributed by atoms with Crippen molar-refractivity contribution >= 4 is 17.5 Å². The van der Waals surface area contributed by atoms with Crippen molar-refractivity contribution in [3.63, 3.8) is 0 Å². The van der Waals surface area contributed by atoms with Gasteiger partial charge in [-0.05, 0) is 31.5 Å². The van der Waals surface area contributed by atoms with E-state index < -0.39 is 0 Å². The molecule has 106 valence electrons. The van der Waals surface area contributed by atoms with Crippen molar-refractivity contribution in [2.24, 2.45) is 0 Å². The Hall–Kier alpha value is -2.10. The minimum Gasteiger partial charge on any atom is -0.370 e. The lowest BCUT2D eigenvalue weighted by Gasteiger charge is -2.21. The van der Waals surface area contributed by atoms with Gasteiger partial charge in [-0.3, -0.25) is 0 Å². The largest absolute Gasteiger partial charge is 0.370 e. The first kappa shape index (κ1) is 14.3. The Morgan fingerprint density at radius 3 is 2.60 bits per heavy atom. The van der Waals surface area contributed by atoms with Crippen LogP contribution in [0.25, 0.3) is 0 Å². The fraction of sp³-hybridized carbons (Fsp3) is 0.375. The minimum absolute atomic E-state index is 0.736. The average Bonchev–Trinajstić information content (AvgIpc) is 2.50. The third-order valence-electron chi connectivity index (χ3n) is 3.10. The quantitative estimate of drug-likeness (QED) is 0.776. The summed E-state index contributed by atoms with van der Waals surface area (Å²) in [6.07, 6.45) is 4.13. The number of hydrogen-bond acceptors (Lipinski definition) is 4. The molecule has 0 aliphatic rings. The predicted octanol–water partition coefficient (Wildman–Crippen LogP) is 3.85. The lowest BCUT2D eigenvalue weighted by atomic mass is 10.3. The molecule has 20 heavy (non-hydrogen) atoms. The molecule has 0 aliphatic carbocycles. The van der Waals surface area contributed by atoms with E-state index in [9.17, 15) is 0 Å². The second-order valence-corrected chi connectivity index (χ2v) is 4.60. The van der Waals surface area contributed by atoms with Crippen LogP contribution in [-0.2, 0) is 0 Å². The van der Waals surface area contributed by atoms with Gasteiger partial charge in [0.05, 0.1) is 0 Å². The predicted molar refractivity (Wildman–Crippen MR) is 84.6 cm³/mol. The van der Waals surface area contributed by atoms with Crippen molar-refractivity contribution in [1.82, 2.24) is 9.97 Å². The molecule has 1 aromatic carbocycles. The van der Waals surface area contributed by atoms with E-state index in [2.05, 4.69) is 46.2 Å². The van der Waals surface area contributed by atoms with Crippen LogP contribution in [0, 0.1) is 0 Å². The molecule has 0 saturated carbocycles. The molecule has 0 unspecified atom stereocenters. The van der Waals surface area contributed by atoms with Gasteiger partial charge in [0.15, 0.2) is 0 Å². The normalized spacial score (nSPS) is 10.3. The molecule has 1 N–H and O–H groups in total. The van der Waals surface area contributed by atoms with Gasteiger partial charge < -0.3 is 10.2 Å². The van der Waals surface area contributed by atoms with E-state index in [1.807, 2.05) is 30.5 Å². The van der Waals surface area contributed by atoms with Crippen LogP contribution in [0.15, 0.2) is 42.6 Å². The molecule has 0 aliphatic heterocycles. The van der Waals surface area contributed by atoms with Crippen molar-refractivity contribution in [2.75, 3.05) is 23.3 Å². The number of para-hydroxylation sites is 1. The molecule has 2 rings (SSSR count). The summed E-state index contributed by atoms with van der Waals surface area (Å²) in [6, 6.07) is 12.1. The molecule has 1 aromatic heterocycles. The van der Waals surface area contributed by atoms with Crippen molar-refractivity contribution < 1.29 is 0 Å². The Kier molecular flexibility index (Phi) is 5.35. The van der Waals surface area contributed by atoms with Crippen LogP contribution in [0.3, 0.4) is 0 Å². The summed E-state index contributed by atoms with van der Waals surface area (Å²) in [5, 5.41) is 3.34. The van der Waals surface area contributed by atoms with Crippen molar-refractivity contribution in [1.29, 1.82) is 0 Å². The minimum atomic E-state index is 0.736. The molecule has 4 heteroatoms. The SMILES string of the molecule is CCCCNc1ccnc(N(CC)c2ccccc2)n1. The van der Waals surface area contributed by atoms with E-state index in [1.54, 1.807) is 0 Å². The van der Waals surface area contributed by atoms with E-state index in [4.69, 9.17) is 0 Å². The summed E-state index contributed by atoms with van der Waals surface area (Å²) < 4.78 is 0. The van der Waals surface area contributed by atoms with Gasteiger partial charge in [0.2, 0.25) is 5.95 Å². The third-order valence-corrected chi connectivity index (χ3v) is 3.10. The maximum Gasteiger partial charge on any atom is 0.231 e. The topological polar surface area (TPSA) is 41.1 Å². The number of unbranched alkanes of at least 4 members (excludes halogenated alkanes) is 1. The highest BCUT2D eigenvalue weighted by Crippen LogP contribution is 2.21. The molecule has 0 atom stereocenters. The number of hydrogen-bond donors (Lipinski definition) is 1. The Balaban J connectivity index is 2.16. The highest BCUT2D eigenvalue weighted by molar-refractivity contribution is 5.58. The molecule has 0 bridgehead atoms. The number of nitrogens with one attached hydrogen (secondary N) is 1. The number of nitrogens with zero attached hydrogens (tertiary/aromatic N) is 3. The Morgan fingerprint density at radius 1 is 1.10 bits per heavy atom. The second-order valence-electron chi connectivity index (χ2n) is 4.60. The molecule has 4 nitrogen and oxygen atoms in total. The third kappa shape index (κ3) is 3.70. The average molecular weight is 270 g/mol. The molecular formula is C16H22N4. The smallest absolute Gasteiger partial charge is 0.231 e. The Labute approximate surface area is 120 Å². The van der Waals surface area contributed by atoms with E-state index in [1.165, 1.54) is 6.42 Å². The van der Waals surface area contributed by atoms with Gasteiger partial charge in [0.25, 0.3) is 0 Å². The molecule has 1 heterocycles. The van der Waals surface area contributed by atoms with Crippen LogP contribution >= 0.6 is 0 Å². The first-order valence-electron chi connectivity index (χ1n) is 7.24. The highest BCUT2D eigenvalue weighted by atomic mass is 15.3. The molecule has 0 fully saturated rings. The standard InChI is InChI=1S/C16H22N4/c1-3-5-12-17-15-11-13-18-16(19-15)20(4-2)14-9-7-6-8-10-14/h6-11,13H,3-5,12H2,1-2H3,(H,17,18,19). The van der Waals surface area contributed by atoms with Gasteiger partial charge in [-0.15, -0.1) is 0 Å². The monoisotopic (exact) mass is 270 g/mol. The van der Waals surface area contributed by atoms with Gasteiger partial charge in [-0.1, -0.05) is 31.5 Å². The zero-order chi connectivity index (χ0) is 14.2. The Bertz CT molecular complexity index is 513. The van der Waals surface area contributed by atoms with Crippen molar-refractivity contribution in [3.05, 3.63) is 42.6 Å². The number of anilines is 3. The highest BCUT2D eigenvalue weighted by Gasteiger charge is 2.10. The summed E-state index contributed by atoms with van der Waals surface area (Å²) in [5.41, 5.74) is 1.11. The summed E-state index contributed by atoms with van der Waals surface area (Å²) in [4.78, 5) is 11.1. The lowest BCUT2D eigenvalue weighted by molar-refractivity contribution is 0.829. The van der Waals surface area contributed by atoms with E-state index in [-0.39, 0.29) is 0 Å². The number of aromatic nitrogens is 2. The van der Waals surface area contributed by atoms with Crippen LogP contribution in [0.1, 0.15) is 26.7 Å². The zero-order valence-electron chi connectivity index (χ0n) is 12.2. The summed E-state index contributed by atoms with van der Waals surface area (Å²) in [6.45, 7) is 6.07. The fourth-order valence-electron chi connectivity index (χ4n) is 2.02. The van der Waals surface area contributed by atoms with Gasteiger partial charge in [0.1, 0.15) is 5.82 Å². The zero-order valence-corrected chi connectivity index (χ0v) is 12.2. The van der Waals surface area contributed by atoms with Crippen molar-refractivity contribution in [3.8, 4) is 0 Å². The second kappa shape index (κ2) is 7.48. The summed E-state index contributed by atoms with van der Waals surface area (Å²) in [7, 11) is 0. The van der Waals surface area contributed by atoms with E-state index >= 15 is 0 Å². The molecular weight excluding hydrogens is 248 g/mol. The van der Waals surface area contributed by atoms with Crippen LogP contribution in [0.2, 0.25) is 0 Å². The lowest BCUT2D eigenvalue weighted by Crippen LogP contribution is -2.19. The van der Waals surface area contributed by atoms with Gasteiger partial charge in [-0.2, -0.15) is 4.98 Å². The molecule has 0 amide bonds. The van der Waals surface area contributed by atoms with Gasteiger partial charge >= 0.3 is 0 Å². The van der Waals surface area contributed by atoms with E-state index in [0.29, 0.717) is 0 Å². The van der Waals surface area contributed by atoms with Crippen LogP contribution < -0.4 is 10.2 Å².